The summed E-state index contributed by atoms with van der Waals surface area (Å²) in [4.78, 5) is 25.6. The minimum Gasteiger partial charge on any atom is -0.493 e. The highest BCUT2D eigenvalue weighted by atomic mass is 19.1. The lowest BCUT2D eigenvalue weighted by molar-refractivity contribution is -0.132. The number of carbonyl (C=O) groups excluding carboxylic acids is 1. The molecule has 1 aliphatic rings. The Morgan fingerprint density at radius 2 is 1.95 bits per heavy atom. The molecular formula is C26H30FN7O3. The van der Waals surface area contributed by atoms with Gasteiger partial charge in [-0.3, -0.25) is 4.79 Å². The molecule has 1 atom stereocenters. The molecule has 0 saturated carbocycles. The van der Waals surface area contributed by atoms with Crippen LogP contribution < -0.4 is 25.4 Å². The number of nitrogen functional groups attached to an aromatic ring is 1. The Bertz CT molecular complexity index is 1340. The number of halogens is 1. The van der Waals surface area contributed by atoms with Crippen LogP contribution in [0.5, 0.6) is 11.5 Å². The van der Waals surface area contributed by atoms with E-state index in [4.69, 9.17) is 15.2 Å². The monoisotopic (exact) mass is 507 g/mol. The Morgan fingerprint density at radius 3 is 2.59 bits per heavy atom. The van der Waals surface area contributed by atoms with E-state index >= 15 is 4.39 Å². The van der Waals surface area contributed by atoms with Gasteiger partial charge in [0.2, 0.25) is 11.9 Å². The summed E-state index contributed by atoms with van der Waals surface area (Å²) in [6, 6.07) is 10.8. The molecule has 37 heavy (non-hydrogen) atoms. The first kappa shape index (κ1) is 25.9. The molecule has 1 aliphatic heterocycles. The lowest BCUT2D eigenvalue weighted by Gasteiger charge is -2.35. The van der Waals surface area contributed by atoms with Crippen molar-refractivity contribution in [1.29, 1.82) is 5.26 Å². The van der Waals surface area contributed by atoms with Crippen LogP contribution in [0.4, 0.5) is 16.2 Å². The second kappa shape index (κ2) is 11.3. The number of fused-ring (bicyclic) bond motifs is 1. The van der Waals surface area contributed by atoms with Crippen molar-refractivity contribution in [3.63, 3.8) is 0 Å². The third-order valence-electron chi connectivity index (χ3n) is 6.49. The normalized spacial score (nSPS) is 14.4. The van der Waals surface area contributed by atoms with E-state index in [9.17, 15) is 10.1 Å². The highest BCUT2D eigenvalue weighted by Crippen LogP contribution is 2.37. The number of amides is 1. The highest BCUT2D eigenvalue weighted by molar-refractivity contribution is 5.92. The molecule has 4 rings (SSSR count). The summed E-state index contributed by atoms with van der Waals surface area (Å²) in [5, 5.41) is 13.1. The van der Waals surface area contributed by atoms with Gasteiger partial charge in [0.25, 0.3) is 0 Å². The molecule has 194 valence electrons. The zero-order valence-corrected chi connectivity index (χ0v) is 21.1. The van der Waals surface area contributed by atoms with E-state index in [-0.39, 0.29) is 47.2 Å². The lowest BCUT2D eigenvalue weighted by Crippen LogP contribution is -2.50. The standard InChI is InChI=1S/C26H30FN7O3/c1-4-30-19(17-8-6-5-7-16(17)15-28)14-21(35)33-9-11-34(12-10-33)26-31-23-18(25(29)32-26)13-20(36-2)24(37-3)22(23)27/h5-8,13,19,30H,4,9-12,14H2,1-3H3,(H2,29,31,32). The van der Waals surface area contributed by atoms with Crippen LogP contribution in [0.3, 0.4) is 0 Å². The molecule has 1 fully saturated rings. The number of hydrogen-bond donors (Lipinski definition) is 2. The van der Waals surface area contributed by atoms with E-state index in [1.807, 2.05) is 30.0 Å². The van der Waals surface area contributed by atoms with Gasteiger partial charge in [0.15, 0.2) is 17.3 Å². The number of hydrogen-bond acceptors (Lipinski definition) is 9. The predicted octanol–water partition coefficient (Wildman–Crippen LogP) is 2.63. The third kappa shape index (κ3) is 5.20. The first-order valence-electron chi connectivity index (χ1n) is 12.0. The third-order valence-corrected chi connectivity index (χ3v) is 6.49. The number of nitrogens with one attached hydrogen (secondary N) is 1. The smallest absolute Gasteiger partial charge is 0.228 e. The van der Waals surface area contributed by atoms with Crippen molar-refractivity contribution in [3.05, 3.63) is 47.3 Å². The van der Waals surface area contributed by atoms with Crippen molar-refractivity contribution in [1.82, 2.24) is 20.2 Å². The fraction of sp³-hybridized carbons (Fsp3) is 0.385. The molecule has 10 nitrogen and oxygen atoms in total. The molecule has 3 aromatic rings. The van der Waals surface area contributed by atoms with Crippen molar-refractivity contribution >= 4 is 28.6 Å². The minimum absolute atomic E-state index is 0.0137. The molecule has 1 aromatic heterocycles. The Kier molecular flexibility index (Phi) is 7.89. The van der Waals surface area contributed by atoms with Crippen molar-refractivity contribution < 1.29 is 18.7 Å². The van der Waals surface area contributed by atoms with Crippen LogP contribution >= 0.6 is 0 Å². The average molecular weight is 508 g/mol. The summed E-state index contributed by atoms with van der Waals surface area (Å²) in [5.41, 5.74) is 7.56. The Labute approximate surface area is 214 Å². The quantitative estimate of drug-likeness (QED) is 0.473. The predicted molar refractivity (Wildman–Crippen MR) is 138 cm³/mol. The molecule has 2 aromatic carbocycles. The molecule has 1 amide bonds. The van der Waals surface area contributed by atoms with E-state index in [1.54, 1.807) is 17.0 Å². The zero-order valence-electron chi connectivity index (χ0n) is 21.1. The van der Waals surface area contributed by atoms with E-state index in [1.165, 1.54) is 14.2 Å². The van der Waals surface area contributed by atoms with Gasteiger partial charge in [-0.05, 0) is 24.2 Å². The maximum Gasteiger partial charge on any atom is 0.228 e. The number of nitriles is 1. The van der Waals surface area contributed by atoms with Gasteiger partial charge in [0.05, 0.1) is 25.9 Å². The van der Waals surface area contributed by atoms with Crippen molar-refractivity contribution in [2.24, 2.45) is 0 Å². The van der Waals surface area contributed by atoms with Crippen LogP contribution in [0.15, 0.2) is 30.3 Å². The van der Waals surface area contributed by atoms with Crippen LogP contribution in [0.1, 0.15) is 30.5 Å². The van der Waals surface area contributed by atoms with Crippen molar-refractivity contribution in [3.8, 4) is 17.6 Å². The SMILES string of the molecule is CCNC(CC(=O)N1CCN(c2nc(N)c3cc(OC)c(OC)c(F)c3n2)CC1)c1ccccc1C#N. The second-order valence-electron chi connectivity index (χ2n) is 8.61. The van der Waals surface area contributed by atoms with E-state index in [2.05, 4.69) is 21.4 Å². The number of ether oxygens (including phenoxy) is 2. The summed E-state index contributed by atoms with van der Waals surface area (Å²) < 4.78 is 25.5. The number of piperazine rings is 1. The van der Waals surface area contributed by atoms with Gasteiger partial charge >= 0.3 is 0 Å². The molecule has 0 bridgehead atoms. The summed E-state index contributed by atoms with van der Waals surface area (Å²) in [5.74, 6) is -0.119. The first-order valence-corrected chi connectivity index (χ1v) is 12.0. The average Bonchev–Trinajstić information content (AvgIpc) is 2.93. The summed E-state index contributed by atoms with van der Waals surface area (Å²) >= 11 is 0. The molecular weight excluding hydrogens is 477 g/mol. The topological polar surface area (TPSA) is 130 Å². The largest absolute Gasteiger partial charge is 0.493 e. The molecule has 2 heterocycles. The summed E-state index contributed by atoms with van der Waals surface area (Å²) in [7, 11) is 2.77. The fourth-order valence-corrected chi connectivity index (χ4v) is 4.58. The van der Waals surface area contributed by atoms with E-state index in [0.717, 1.165) is 5.56 Å². The van der Waals surface area contributed by atoms with Gasteiger partial charge < -0.3 is 30.3 Å². The van der Waals surface area contributed by atoms with Gasteiger partial charge in [0, 0.05) is 44.0 Å². The number of anilines is 2. The van der Waals surface area contributed by atoms with E-state index < -0.39 is 5.82 Å². The number of nitrogens with zero attached hydrogens (tertiary/aromatic N) is 5. The zero-order chi connectivity index (χ0) is 26.5. The highest BCUT2D eigenvalue weighted by Gasteiger charge is 2.27. The van der Waals surface area contributed by atoms with Gasteiger partial charge in [-0.25, -0.2) is 9.37 Å². The molecule has 1 saturated heterocycles. The number of aromatic nitrogens is 2. The second-order valence-corrected chi connectivity index (χ2v) is 8.61. The van der Waals surface area contributed by atoms with E-state index in [0.29, 0.717) is 43.7 Å². The maximum atomic E-state index is 15.1. The molecule has 0 radical (unpaired) electrons. The molecule has 11 heteroatoms. The van der Waals surface area contributed by atoms with Gasteiger partial charge in [-0.1, -0.05) is 25.1 Å². The molecule has 0 spiro atoms. The summed E-state index contributed by atoms with van der Waals surface area (Å²) in [6.07, 6.45) is 0.235. The Morgan fingerprint density at radius 1 is 1.22 bits per heavy atom. The number of benzene rings is 2. The number of nitrogens with two attached hydrogens (primary N) is 1. The van der Waals surface area contributed by atoms with Crippen molar-refractivity contribution in [2.75, 3.05) is 57.6 Å². The molecule has 1 unspecified atom stereocenters. The summed E-state index contributed by atoms with van der Waals surface area (Å²) in [6.45, 7) is 4.47. The molecule has 0 aliphatic carbocycles. The van der Waals surface area contributed by atoms with Crippen LogP contribution in [-0.4, -0.2) is 67.7 Å². The van der Waals surface area contributed by atoms with Crippen LogP contribution in [0, 0.1) is 17.1 Å². The van der Waals surface area contributed by atoms with Crippen LogP contribution in [-0.2, 0) is 4.79 Å². The molecule has 3 N–H and O–H groups in total. The van der Waals surface area contributed by atoms with Crippen molar-refractivity contribution in [2.45, 2.75) is 19.4 Å². The number of rotatable bonds is 8. The fourth-order valence-electron chi connectivity index (χ4n) is 4.58. The van der Waals surface area contributed by atoms with Gasteiger partial charge in [0.1, 0.15) is 11.3 Å². The van der Waals surface area contributed by atoms with Crippen LogP contribution in [0.25, 0.3) is 10.9 Å². The lowest BCUT2D eigenvalue weighted by atomic mass is 9.97. The maximum absolute atomic E-state index is 15.1. The van der Waals surface area contributed by atoms with Crippen LogP contribution in [0.2, 0.25) is 0 Å². The minimum atomic E-state index is -0.673. The Balaban J connectivity index is 1.49. The van der Waals surface area contributed by atoms with Gasteiger partial charge in [-0.2, -0.15) is 10.2 Å². The number of methoxy groups -OCH3 is 2. The first-order chi connectivity index (χ1) is 17.9. The number of carbonyl (C=O) groups is 1. The van der Waals surface area contributed by atoms with Gasteiger partial charge in [-0.15, -0.1) is 0 Å². The Hall–Kier alpha value is -4.17.